The lowest BCUT2D eigenvalue weighted by atomic mass is 10.2. The van der Waals surface area contributed by atoms with Crippen LogP contribution >= 0.6 is 0 Å². The van der Waals surface area contributed by atoms with Crippen LogP contribution in [0.15, 0.2) is 0 Å². The molecule has 0 aromatic heterocycles. The van der Waals surface area contributed by atoms with Gasteiger partial charge < -0.3 is 4.74 Å². The van der Waals surface area contributed by atoms with Crippen LogP contribution < -0.4 is 0 Å². The predicted molar refractivity (Wildman–Crippen MR) is 67.8 cm³/mol. The molecule has 4 heteroatoms. The SMILES string of the molecule is C1CCN(N2CCC(N3CCOCC3)C2)CC1. The van der Waals surface area contributed by atoms with Crippen molar-refractivity contribution in [3.05, 3.63) is 0 Å². The van der Waals surface area contributed by atoms with Gasteiger partial charge in [0.25, 0.3) is 0 Å². The van der Waals surface area contributed by atoms with Crippen LogP contribution in [0.3, 0.4) is 0 Å². The standard InChI is InChI=1S/C13H25N3O/c1-2-5-15(6-3-1)16-7-4-13(12-16)14-8-10-17-11-9-14/h13H,1-12H2. The van der Waals surface area contributed by atoms with Crippen molar-refractivity contribution in [2.24, 2.45) is 0 Å². The fourth-order valence-electron chi connectivity index (χ4n) is 3.38. The van der Waals surface area contributed by atoms with Crippen LogP contribution in [0, 0.1) is 0 Å². The van der Waals surface area contributed by atoms with Gasteiger partial charge in [0.2, 0.25) is 0 Å². The minimum Gasteiger partial charge on any atom is -0.379 e. The number of piperidine rings is 1. The van der Waals surface area contributed by atoms with E-state index in [-0.39, 0.29) is 0 Å². The lowest BCUT2D eigenvalue weighted by Crippen LogP contribution is -2.48. The molecule has 0 aliphatic carbocycles. The molecular formula is C13H25N3O. The third kappa shape index (κ3) is 2.81. The molecule has 0 amide bonds. The van der Waals surface area contributed by atoms with Gasteiger partial charge >= 0.3 is 0 Å². The number of rotatable bonds is 2. The van der Waals surface area contributed by atoms with Crippen molar-refractivity contribution in [1.29, 1.82) is 0 Å². The zero-order chi connectivity index (χ0) is 11.5. The molecule has 4 nitrogen and oxygen atoms in total. The molecule has 3 aliphatic heterocycles. The zero-order valence-corrected chi connectivity index (χ0v) is 10.8. The molecule has 3 aliphatic rings. The fourth-order valence-corrected chi connectivity index (χ4v) is 3.38. The summed E-state index contributed by atoms with van der Waals surface area (Å²) in [6, 6.07) is 0.779. The van der Waals surface area contributed by atoms with Crippen molar-refractivity contribution in [3.8, 4) is 0 Å². The van der Waals surface area contributed by atoms with Gasteiger partial charge in [0.15, 0.2) is 0 Å². The summed E-state index contributed by atoms with van der Waals surface area (Å²) in [5.74, 6) is 0. The van der Waals surface area contributed by atoms with Gasteiger partial charge in [-0.1, -0.05) is 6.42 Å². The highest BCUT2D eigenvalue weighted by Crippen LogP contribution is 2.21. The van der Waals surface area contributed by atoms with E-state index in [1.807, 2.05) is 0 Å². The molecule has 0 N–H and O–H groups in total. The first-order chi connectivity index (χ1) is 8.43. The largest absolute Gasteiger partial charge is 0.379 e. The maximum absolute atomic E-state index is 5.44. The van der Waals surface area contributed by atoms with Crippen LogP contribution in [0.25, 0.3) is 0 Å². The second-order valence-electron chi connectivity index (χ2n) is 5.52. The van der Waals surface area contributed by atoms with E-state index in [1.54, 1.807) is 0 Å². The van der Waals surface area contributed by atoms with E-state index >= 15 is 0 Å². The first kappa shape index (κ1) is 11.9. The lowest BCUT2D eigenvalue weighted by molar-refractivity contribution is -0.0316. The van der Waals surface area contributed by atoms with Gasteiger partial charge in [-0.2, -0.15) is 0 Å². The topological polar surface area (TPSA) is 19.0 Å². The van der Waals surface area contributed by atoms with E-state index in [0.29, 0.717) is 0 Å². The summed E-state index contributed by atoms with van der Waals surface area (Å²) in [6.07, 6.45) is 5.55. The quantitative estimate of drug-likeness (QED) is 0.709. The summed E-state index contributed by atoms with van der Waals surface area (Å²) in [5, 5.41) is 5.21. The highest BCUT2D eigenvalue weighted by molar-refractivity contribution is 4.84. The molecule has 3 fully saturated rings. The summed E-state index contributed by atoms with van der Waals surface area (Å²) < 4.78 is 5.44. The molecule has 1 unspecified atom stereocenters. The Hall–Kier alpha value is -0.160. The molecule has 3 heterocycles. The van der Waals surface area contributed by atoms with Crippen LogP contribution in [0.5, 0.6) is 0 Å². The van der Waals surface area contributed by atoms with Gasteiger partial charge in [0.05, 0.1) is 13.2 Å². The Morgan fingerprint density at radius 3 is 2.29 bits per heavy atom. The number of hydrogen-bond donors (Lipinski definition) is 0. The Morgan fingerprint density at radius 1 is 0.765 bits per heavy atom. The number of hydrogen-bond acceptors (Lipinski definition) is 4. The molecule has 0 aromatic carbocycles. The van der Waals surface area contributed by atoms with Gasteiger partial charge in [-0.15, -0.1) is 0 Å². The molecule has 1 atom stereocenters. The van der Waals surface area contributed by atoms with Gasteiger partial charge in [0, 0.05) is 45.3 Å². The highest BCUT2D eigenvalue weighted by Gasteiger charge is 2.31. The summed E-state index contributed by atoms with van der Waals surface area (Å²) in [5.41, 5.74) is 0. The summed E-state index contributed by atoms with van der Waals surface area (Å²) in [4.78, 5) is 2.63. The van der Waals surface area contributed by atoms with E-state index in [4.69, 9.17) is 4.74 Å². The van der Waals surface area contributed by atoms with Crippen molar-refractivity contribution >= 4 is 0 Å². The Bertz CT molecular complexity index is 213. The van der Waals surface area contributed by atoms with E-state index < -0.39 is 0 Å². The second-order valence-corrected chi connectivity index (χ2v) is 5.52. The van der Waals surface area contributed by atoms with Crippen molar-refractivity contribution < 1.29 is 4.74 Å². The van der Waals surface area contributed by atoms with Crippen molar-refractivity contribution in [2.45, 2.75) is 31.7 Å². The smallest absolute Gasteiger partial charge is 0.0594 e. The summed E-state index contributed by atoms with van der Waals surface area (Å²) >= 11 is 0. The van der Waals surface area contributed by atoms with Crippen LogP contribution in [-0.2, 0) is 4.74 Å². The Kier molecular flexibility index (Phi) is 3.96. The molecule has 3 rings (SSSR count). The van der Waals surface area contributed by atoms with Gasteiger partial charge in [-0.25, -0.2) is 10.0 Å². The minimum absolute atomic E-state index is 0.779. The van der Waals surface area contributed by atoms with Gasteiger partial charge in [-0.3, -0.25) is 4.90 Å². The Morgan fingerprint density at radius 2 is 1.53 bits per heavy atom. The molecule has 0 aromatic rings. The van der Waals surface area contributed by atoms with Crippen LogP contribution in [0.1, 0.15) is 25.7 Å². The van der Waals surface area contributed by atoms with Crippen molar-refractivity contribution in [3.63, 3.8) is 0 Å². The lowest BCUT2D eigenvalue weighted by Gasteiger charge is -2.36. The molecule has 0 spiro atoms. The van der Waals surface area contributed by atoms with Crippen LogP contribution in [0.4, 0.5) is 0 Å². The van der Waals surface area contributed by atoms with Crippen molar-refractivity contribution in [2.75, 3.05) is 52.5 Å². The third-order valence-electron chi connectivity index (χ3n) is 4.44. The minimum atomic E-state index is 0.779. The Balaban J connectivity index is 1.50. The van der Waals surface area contributed by atoms with Gasteiger partial charge in [0.1, 0.15) is 0 Å². The molecule has 0 bridgehead atoms. The molecular weight excluding hydrogens is 214 g/mol. The zero-order valence-electron chi connectivity index (χ0n) is 10.8. The molecule has 0 saturated carbocycles. The predicted octanol–water partition coefficient (Wildman–Crippen LogP) is 0.794. The average molecular weight is 239 g/mol. The average Bonchev–Trinajstić information content (AvgIpc) is 2.90. The van der Waals surface area contributed by atoms with Gasteiger partial charge in [-0.05, 0) is 19.3 Å². The van der Waals surface area contributed by atoms with E-state index in [2.05, 4.69) is 14.9 Å². The number of ether oxygens (including phenoxy) is 1. The molecule has 98 valence electrons. The monoisotopic (exact) mass is 239 g/mol. The molecule has 0 radical (unpaired) electrons. The summed E-state index contributed by atoms with van der Waals surface area (Å²) in [7, 11) is 0. The Labute approximate surface area is 104 Å². The third-order valence-corrected chi connectivity index (χ3v) is 4.44. The maximum Gasteiger partial charge on any atom is 0.0594 e. The normalized spacial score (nSPS) is 34.2. The van der Waals surface area contributed by atoms with Crippen LogP contribution in [0.2, 0.25) is 0 Å². The highest BCUT2D eigenvalue weighted by atomic mass is 16.5. The van der Waals surface area contributed by atoms with E-state index in [9.17, 15) is 0 Å². The number of morpholine rings is 1. The second kappa shape index (κ2) is 5.65. The maximum atomic E-state index is 5.44. The number of hydrazine groups is 1. The van der Waals surface area contributed by atoms with Crippen molar-refractivity contribution in [1.82, 2.24) is 14.9 Å². The molecule has 17 heavy (non-hydrogen) atoms. The van der Waals surface area contributed by atoms with Crippen LogP contribution in [-0.4, -0.2) is 73.4 Å². The molecule has 3 saturated heterocycles. The van der Waals surface area contributed by atoms with E-state index in [0.717, 1.165) is 32.3 Å². The fraction of sp³-hybridized carbons (Fsp3) is 1.00. The van der Waals surface area contributed by atoms with E-state index in [1.165, 1.54) is 51.9 Å². The first-order valence-electron chi connectivity index (χ1n) is 7.25. The first-order valence-corrected chi connectivity index (χ1v) is 7.25. The summed E-state index contributed by atoms with van der Waals surface area (Å²) in [6.45, 7) is 9.23. The number of nitrogens with zero attached hydrogens (tertiary/aromatic N) is 3.